The molecule has 1 aliphatic rings. The zero-order valence-corrected chi connectivity index (χ0v) is 14.2. The zero-order valence-electron chi connectivity index (χ0n) is 14.2. The van der Waals surface area contributed by atoms with Crippen molar-refractivity contribution in [3.63, 3.8) is 0 Å². The molecule has 128 valence electrons. The van der Waals surface area contributed by atoms with E-state index in [0.717, 1.165) is 36.1 Å². The predicted molar refractivity (Wildman–Crippen MR) is 94.1 cm³/mol. The fourth-order valence-electron chi connectivity index (χ4n) is 3.44. The summed E-state index contributed by atoms with van der Waals surface area (Å²) in [7, 11) is 0. The average Bonchev–Trinajstić information content (AvgIpc) is 3.06. The van der Waals surface area contributed by atoms with Crippen LogP contribution in [0.5, 0.6) is 0 Å². The van der Waals surface area contributed by atoms with Gasteiger partial charge < -0.3 is 9.32 Å². The van der Waals surface area contributed by atoms with Crippen LogP contribution >= 0.6 is 0 Å². The number of hydrogen-bond donors (Lipinski definition) is 0. The van der Waals surface area contributed by atoms with Crippen molar-refractivity contribution in [1.29, 1.82) is 0 Å². The summed E-state index contributed by atoms with van der Waals surface area (Å²) in [5.74, 6) is 0.937. The number of fused-ring (bicyclic) bond motifs is 1. The summed E-state index contributed by atoms with van der Waals surface area (Å²) in [5, 5.41) is 8.29. The van der Waals surface area contributed by atoms with E-state index in [9.17, 15) is 4.39 Å². The van der Waals surface area contributed by atoms with Crippen molar-refractivity contribution < 1.29 is 8.81 Å². The van der Waals surface area contributed by atoms with Gasteiger partial charge in [0.1, 0.15) is 5.82 Å². The Balaban J connectivity index is 1.54. The van der Waals surface area contributed by atoms with E-state index in [1.54, 1.807) is 6.07 Å². The molecule has 0 spiro atoms. The van der Waals surface area contributed by atoms with Crippen molar-refractivity contribution in [2.24, 2.45) is 0 Å². The maximum Gasteiger partial charge on any atom is 0.235 e. The van der Waals surface area contributed by atoms with Crippen molar-refractivity contribution in [3.8, 4) is 0 Å². The topological polar surface area (TPSA) is 42.2 Å². The highest BCUT2D eigenvalue weighted by Crippen LogP contribution is 2.33. The first-order chi connectivity index (χ1) is 12.2. The maximum absolute atomic E-state index is 14.4. The van der Waals surface area contributed by atoms with Crippen molar-refractivity contribution in [2.75, 3.05) is 11.4 Å². The number of benzene rings is 2. The van der Waals surface area contributed by atoms with E-state index < -0.39 is 0 Å². The Morgan fingerprint density at radius 2 is 1.88 bits per heavy atom. The van der Waals surface area contributed by atoms with Gasteiger partial charge in [-0.1, -0.05) is 36.4 Å². The highest BCUT2D eigenvalue weighted by molar-refractivity contribution is 5.59. The van der Waals surface area contributed by atoms with Crippen molar-refractivity contribution >= 4 is 5.69 Å². The van der Waals surface area contributed by atoms with Gasteiger partial charge >= 0.3 is 0 Å². The van der Waals surface area contributed by atoms with Gasteiger partial charge in [-0.25, -0.2) is 4.39 Å². The van der Waals surface area contributed by atoms with Crippen molar-refractivity contribution in [1.82, 2.24) is 10.2 Å². The minimum Gasteiger partial charge on any atom is -0.423 e. The minimum absolute atomic E-state index is 0.177. The summed E-state index contributed by atoms with van der Waals surface area (Å²) in [4.78, 5) is 2.01. The van der Waals surface area contributed by atoms with Gasteiger partial charge in [0.25, 0.3) is 0 Å². The van der Waals surface area contributed by atoms with Gasteiger partial charge in [0.05, 0.1) is 18.7 Å². The molecule has 0 saturated carbocycles. The van der Waals surface area contributed by atoms with Crippen LogP contribution in [0.15, 0.2) is 46.9 Å². The van der Waals surface area contributed by atoms with Crippen LogP contribution in [0.1, 0.15) is 34.9 Å². The van der Waals surface area contributed by atoms with Crippen molar-refractivity contribution in [3.05, 3.63) is 76.8 Å². The van der Waals surface area contributed by atoms with Crippen LogP contribution in [0.4, 0.5) is 10.1 Å². The molecule has 2 heterocycles. The number of nitrogens with zero attached hydrogens (tertiary/aromatic N) is 3. The van der Waals surface area contributed by atoms with Crippen LogP contribution in [0, 0.1) is 12.7 Å². The first kappa shape index (κ1) is 15.8. The summed E-state index contributed by atoms with van der Waals surface area (Å²) in [6.45, 7) is 3.27. The molecule has 0 bridgehead atoms. The number of anilines is 1. The lowest BCUT2D eigenvalue weighted by atomic mass is 9.96. The fraction of sp³-hybridized carbons (Fsp3) is 0.300. The number of rotatable bonds is 4. The lowest BCUT2D eigenvalue weighted by Crippen LogP contribution is -2.30. The molecule has 0 amide bonds. The Morgan fingerprint density at radius 3 is 2.72 bits per heavy atom. The van der Waals surface area contributed by atoms with Crippen LogP contribution in [0.3, 0.4) is 0 Å². The van der Waals surface area contributed by atoms with Gasteiger partial charge in [-0.15, -0.1) is 10.2 Å². The fourth-order valence-corrected chi connectivity index (χ4v) is 3.44. The van der Waals surface area contributed by atoms with Crippen molar-refractivity contribution in [2.45, 2.75) is 32.7 Å². The van der Waals surface area contributed by atoms with E-state index in [1.807, 2.05) is 48.2 Å². The first-order valence-corrected chi connectivity index (χ1v) is 8.59. The molecular formula is C20H20FN3O. The summed E-state index contributed by atoms with van der Waals surface area (Å²) < 4.78 is 20.2. The van der Waals surface area contributed by atoms with Crippen LogP contribution in [-0.2, 0) is 19.4 Å². The minimum atomic E-state index is -0.177. The summed E-state index contributed by atoms with van der Waals surface area (Å²) >= 11 is 0. The van der Waals surface area contributed by atoms with E-state index >= 15 is 0 Å². The van der Waals surface area contributed by atoms with Gasteiger partial charge in [-0.3, -0.25) is 0 Å². The second-order valence-electron chi connectivity index (χ2n) is 6.47. The molecule has 0 N–H and O–H groups in total. The summed E-state index contributed by atoms with van der Waals surface area (Å²) in [6.07, 6.45) is 2.53. The zero-order chi connectivity index (χ0) is 17.2. The van der Waals surface area contributed by atoms with Gasteiger partial charge in [0.2, 0.25) is 11.8 Å². The highest BCUT2D eigenvalue weighted by Gasteiger charge is 2.24. The first-order valence-electron chi connectivity index (χ1n) is 8.59. The van der Waals surface area contributed by atoms with Gasteiger partial charge in [-0.2, -0.15) is 0 Å². The van der Waals surface area contributed by atoms with Crippen LogP contribution in [-0.4, -0.2) is 16.7 Å². The molecule has 0 fully saturated rings. The largest absolute Gasteiger partial charge is 0.423 e. The third kappa shape index (κ3) is 3.27. The van der Waals surface area contributed by atoms with Crippen LogP contribution in [0.2, 0.25) is 0 Å². The number of aryl methyl sites for hydroxylation is 1. The molecule has 3 aromatic rings. The third-order valence-corrected chi connectivity index (χ3v) is 4.67. The second kappa shape index (κ2) is 6.67. The molecular weight excluding hydrogens is 317 g/mol. The monoisotopic (exact) mass is 337 g/mol. The summed E-state index contributed by atoms with van der Waals surface area (Å²) in [6, 6.07) is 13.4. The van der Waals surface area contributed by atoms with E-state index in [0.29, 0.717) is 30.4 Å². The van der Waals surface area contributed by atoms with E-state index in [4.69, 9.17) is 4.42 Å². The predicted octanol–water partition coefficient (Wildman–Crippen LogP) is 4.06. The molecule has 0 saturated heterocycles. The molecule has 25 heavy (non-hydrogen) atoms. The van der Waals surface area contributed by atoms with E-state index in [1.165, 1.54) is 0 Å². The average molecular weight is 337 g/mol. The Morgan fingerprint density at radius 1 is 1.08 bits per heavy atom. The van der Waals surface area contributed by atoms with Gasteiger partial charge in [-0.05, 0) is 42.5 Å². The molecule has 5 heteroatoms. The summed E-state index contributed by atoms with van der Waals surface area (Å²) in [5.41, 5.74) is 4.04. The SMILES string of the molecule is Cc1ccc(F)c2c1CCCN2Cc1nnc(Cc2ccccc2)o1. The lowest BCUT2D eigenvalue weighted by Gasteiger charge is -2.31. The molecule has 2 aromatic carbocycles. The Bertz CT molecular complexity index is 876. The number of hydrogen-bond acceptors (Lipinski definition) is 4. The van der Waals surface area contributed by atoms with Crippen LogP contribution < -0.4 is 4.90 Å². The Labute approximate surface area is 146 Å². The van der Waals surface area contributed by atoms with Crippen LogP contribution in [0.25, 0.3) is 0 Å². The number of aromatic nitrogens is 2. The Kier molecular flexibility index (Phi) is 4.22. The molecule has 0 aliphatic carbocycles. The molecule has 4 rings (SSSR count). The molecule has 0 atom stereocenters. The number of halogens is 1. The Hall–Kier alpha value is -2.69. The molecule has 1 aliphatic heterocycles. The van der Waals surface area contributed by atoms with Gasteiger partial charge in [0, 0.05) is 6.54 Å². The van der Waals surface area contributed by atoms with E-state index in [2.05, 4.69) is 10.2 Å². The maximum atomic E-state index is 14.4. The normalized spacial score (nSPS) is 13.8. The molecule has 1 aromatic heterocycles. The second-order valence-corrected chi connectivity index (χ2v) is 6.47. The quantitative estimate of drug-likeness (QED) is 0.720. The van der Waals surface area contributed by atoms with Gasteiger partial charge in [0.15, 0.2) is 0 Å². The highest BCUT2D eigenvalue weighted by atomic mass is 19.1. The standard InChI is InChI=1S/C20H20FN3O/c1-14-9-10-17(21)20-16(14)8-5-11-24(20)13-19-23-22-18(25-19)12-15-6-3-2-4-7-15/h2-4,6-7,9-10H,5,8,11-13H2,1H3. The van der Waals surface area contributed by atoms with E-state index in [-0.39, 0.29) is 5.82 Å². The molecule has 0 unspecified atom stereocenters. The molecule has 4 nitrogen and oxygen atoms in total. The third-order valence-electron chi connectivity index (χ3n) is 4.67. The lowest BCUT2D eigenvalue weighted by molar-refractivity contribution is 0.448. The smallest absolute Gasteiger partial charge is 0.235 e. The molecule has 0 radical (unpaired) electrons.